The summed E-state index contributed by atoms with van der Waals surface area (Å²) in [5, 5.41) is 10.1. The minimum atomic E-state index is -3.23. The second-order valence-corrected chi connectivity index (χ2v) is 11.1. The van der Waals surface area contributed by atoms with E-state index in [4.69, 9.17) is 4.74 Å². The molecule has 2 unspecified atom stereocenters. The second-order valence-electron chi connectivity index (χ2n) is 8.26. The van der Waals surface area contributed by atoms with E-state index in [0.29, 0.717) is 25.9 Å². The fourth-order valence-corrected chi connectivity index (χ4v) is 3.63. The highest BCUT2D eigenvalue weighted by Crippen LogP contribution is 2.25. The van der Waals surface area contributed by atoms with Crippen LogP contribution in [0.4, 0.5) is 4.79 Å². The van der Waals surface area contributed by atoms with Gasteiger partial charge in [-0.05, 0) is 54.4 Å². The molecular weight excluding hydrogens is 318 g/mol. The van der Waals surface area contributed by atoms with Gasteiger partial charge in [0.25, 0.3) is 0 Å². The van der Waals surface area contributed by atoms with Gasteiger partial charge in [-0.25, -0.2) is 13.2 Å². The number of hydrogen-bond donors (Lipinski definition) is 1. The molecule has 0 aromatic carbocycles. The van der Waals surface area contributed by atoms with E-state index in [1.165, 1.54) is 0 Å². The summed E-state index contributed by atoms with van der Waals surface area (Å²) in [5.41, 5.74) is -0.571. The zero-order valence-electron chi connectivity index (χ0n) is 15.1. The van der Waals surface area contributed by atoms with Crippen LogP contribution in [-0.4, -0.2) is 59.8 Å². The van der Waals surface area contributed by atoms with Crippen molar-refractivity contribution in [2.75, 3.05) is 18.8 Å². The van der Waals surface area contributed by atoms with E-state index >= 15 is 0 Å². The molecule has 0 saturated carbocycles. The molecule has 7 heteroatoms. The monoisotopic (exact) mass is 349 g/mol. The maximum absolute atomic E-state index is 12.2. The van der Waals surface area contributed by atoms with Gasteiger partial charge >= 0.3 is 6.09 Å². The first-order valence-corrected chi connectivity index (χ1v) is 9.76. The fraction of sp³-hybridized carbons (Fsp3) is 0.938. The number of amides is 1. The van der Waals surface area contributed by atoms with Crippen molar-refractivity contribution in [3.63, 3.8) is 0 Å². The number of aliphatic hydroxyl groups is 1. The molecule has 0 radical (unpaired) electrons. The number of sulfone groups is 1. The van der Waals surface area contributed by atoms with Crippen LogP contribution in [-0.2, 0) is 14.6 Å². The van der Waals surface area contributed by atoms with Crippen LogP contribution in [0.25, 0.3) is 0 Å². The van der Waals surface area contributed by atoms with Crippen molar-refractivity contribution >= 4 is 15.9 Å². The van der Waals surface area contributed by atoms with Crippen LogP contribution in [0.2, 0.25) is 0 Å². The van der Waals surface area contributed by atoms with Gasteiger partial charge in [0.1, 0.15) is 5.60 Å². The summed E-state index contributed by atoms with van der Waals surface area (Å²) in [6.45, 7) is 11.2. The average molecular weight is 349 g/mol. The normalized spacial score (nSPS) is 23.7. The van der Waals surface area contributed by atoms with Crippen LogP contribution in [0, 0.1) is 5.92 Å². The van der Waals surface area contributed by atoms with Gasteiger partial charge in [0.05, 0.1) is 16.6 Å². The standard InChI is InChI=1S/C16H31NO5S/c1-15(2,3)22-14(19)17-9-7-13(18)12(11-17)8-10-23(20,21)16(4,5)6/h12-13,18H,7-11H2,1-6H3. The highest BCUT2D eigenvalue weighted by atomic mass is 32.2. The molecule has 1 rings (SSSR count). The molecular formula is C16H31NO5S. The van der Waals surface area contributed by atoms with Gasteiger partial charge < -0.3 is 14.7 Å². The molecule has 0 spiro atoms. The molecule has 0 aliphatic carbocycles. The number of likely N-dealkylation sites (tertiary alicyclic amines) is 1. The lowest BCUT2D eigenvalue weighted by atomic mass is 9.92. The summed E-state index contributed by atoms with van der Waals surface area (Å²) < 4.78 is 29.0. The third-order valence-electron chi connectivity index (χ3n) is 4.04. The Morgan fingerprint density at radius 1 is 1.22 bits per heavy atom. The molecule has 0 aromatic heterocycles. The Balaban J connectivity index is 2.67. The number of aliphatic hydroxyl groups excluding tert-OH is 1. The maximum Gasteiger partial charge on any atom is 0.410 e. The lowest BCUT2D eigenvalue weighted by Crippen LogP contribution is -2.48. The molecule has 23 heavy (non-hydrogen) atoms. The zero-order chi connectivity index (χ0) is 18.1. The molecule has 1 amide bonds. The Morgan fingerprint density at radius 3 is 2.26 bits per heavy atom. The smallest absolute Gasteiger partial charge is 0.410 e. The highest BCUT2D eigenvalue weighted by Gasteiger charge is 2.35. The SMILES string of the molecule is CC(C)(C)OC(=O)N1CCC(O)C(CCS(=O)(=O)C(C)(C)C)C1. The van der Waals surface area contributed by atoms with Crippen molar-refractivity contribution in [1.82, 2.24) is 4.90 Å². The number of nitrogens with zero attached hydrogens (tertiary/aromatic N) is 1. The molecule has 1 N–H and O–H groups in total. The fourth-order valence-electron chi connectivity index (χ4n) is 2.41. The highest BCUT2D eigenvalue weighted by molar-refractivity contribution is 7.92. The van der Waals surface area contributed by atoms with Crippen LogP contribution in [0.5, 0.6) is 0 Å². The van der Waals surface area contributed by atoms with E-state index in [9.17, 15) is 18.3 Å². The summed E-state index contributed by atoms with van der Waals surface area (Å²) in [4.78, 5) is 13.7. The molecule has 6 nitrogen and oxygen atoms in total. The summed E-state index contributed by atoms with van der Waals surface area (Å²) in [7, 11) is -3.23. The average Bonchev–Trinajstić information content (AvgIpc) is 2.34. The molecule has 1 aliphatic heterocycles. The van der Waals surface area contributed by atoms with E-state index in [2.05, 4.69) is 0 Å². The van der Waals surface area contributed by atoms with Crippen LogP contribution < -0.4 is 0 Å². The van der Waals surface area contributed by atoms with Crippen molar-refractivity contribution in [3.8, 4) is 0 Å². The van der Waals surface area contributed by atoms with Gasteiger partial charge in [-0.2, -0.15) is 0 Å². The Bertz CT molecular complexity index is 516. The number of ether oxygens (including phenoxy) is 1. The van der Waals surface area contributed by atoms with Crippen LogP contribution in [0.3, 0.4) is 0 Å². The largest absolute Gasteiger partial charge is 0.444 e. The number of carbonyl (C=O) groups excluding carboxylic acids is 1. The molecule has 1 aliphatic rings. The van der Waals surface area contributed by atoms with Gasteiger partial charge in [-0.3, -0.25) is 0 Å². The summed E-state index contributed by atoms with van der Waals surface area (Å²) in [6, 6.07) is 0. The number of hydrogen-bond acceptors (Lipinski definition) is 5. The number of carbonyl (C=O) groups is 1. The predicted octanol–water partition coefficient (Wildman–Crippen LogP) is 2.21. The van der Waals surface area contributed by atoms with Gasteiger partial charge in [-0.1, -0.05) is 0 Å². The zero-order valence-corrected chi connectivity index (χ0v) is 15.9. The van der Waals surface area contributed by atoms with Crippen molar-refractivity contribution in [2.24, 2.45) is 5.92 Å². The van der Waals surface area contributed by atoms with Crippen molar-refractivity contribution < 1.29 is 23.1 Å². The Kier molecular flexibility index (Phi) is 6.13. The van der Waals surface area contributed by atoms with E-state index in [-0.39, 0.29) is 11.7 Å². The Hall–Kier alpha value is -0.820. The molecule has 1 heterocycles. The van der Waals surface area contributed by atoms with Crippen molar-refractivity contribution in [3.05, 3.63) is 0 Å². The first kappa shape index (κ1) is 20.2. The van der Waals surface area contributed by atoms with E-state index in [1.807, 2.05) is 0 Å². The van der Waals surface area contributed by atoms with E-state index < -0.39 is 32.4 Å². The third kappa shape index (κ3) is 5.95. The number of piperidine rings is 1. The van der Waals surface area contributed by atoms with Crippen molar-refractivity contribution in [1.29, 1.82) is 0 Å². The summed E-state index contributed by atoms with van der Waals surface area (Å²) in [5.74, 6) is -0.228. The first-order valence-electron chi connectivity index (χ1n) is 8.11. The summed E-state index contributed by atoms with van der Waals surface area (Å²) in [6.07, 6.45) is -0.198. The van der Waals surface area contributed by atoms with Gasteiger partial charge in [0.15, 0.2) is 9.84 Å². The quantitative estimate of drug-likeness (QED) is 0.844. The predicted molar refractivity (Wildman–Crippen MR) is 90.1 cm³/mol. The maximum atomic E-state index is 12.2. The second kappa shape index (κ2) is 6.97. The topological polar surface area (TPSA) is 83.9 Å². The van der Waals surface area contributed by atoms with Crippen LogP contribution >= 0.6 is 0 Å². The van der Waals surface area contributed by atoms with Gasteiger partial charge in [-0.15, -0.1) is 0 Å². The minimum absolute atomic E-state index is 0.0143. The molecule has 0 bridgehead atoms. The van der Waals surface area contributed by atoms with Crippen LogP contribution in [0.1, 0.15) is 54.4 Å². The van der Waals surface area contributed by atoms with E-state index in [1.54, 1.807) is 46.4 Å². The first-order chi connectivity index (χ1) is 10.2. The molecule has 2 atom stereocenters. The number of rotatable bonds is 3. The third-order valence-corrected chi connectivity index (χ3v) is 6.68. The minimum Gasteiger partial charge on any atom is -0.444 e. The Labute approximate surface area is 140 Å². The van der Waals surface area contributed by atoms with Crippen molar-refractivity contribution in [2.45, 2.75) is 70.8 Å². The van der Waals surface area contributed by atoms with Gasteiger partial charge in [0, 0.05) is 19.0 Å². The lowest BCUT2D eigenvalue weighted by molar-refractivity contribution is -0.00881. The summed E-state index contributed by atoms with van der Waals surface area (Å²) >= 11 is 0. The van der Waals surface area contributed by atoms with E-state index in [0.717, 1.165) is 0 Å². The Morgan fingerprint density at radius 2 is 1.78 bits per heavy atom. The lowest BCUT2D eigenvalue weighted by Gasteiger charge is -2.37. The molecule has 1 saturated heterocycles. The van der Waals surface area contributed by atoms with Gasteiger partial charge in [0.2, 0.25) is 0 Å². The molecule has 0 aromatic rings. The van der Waals surface area contributed by atoms with Crippen LogP contribution in [0.15, 0.2) is 0 Å². The molecule has 136 valence electrons. The molecule has 1 fully saturated rings.